The van der Waals surface area contributed by atoms with Gasteiger partial charge in [0.25, 0.3) is 0 Å². The van der Waals surface area contributed by atoms with Crippen molar-refractivity contribution in [3.05, 3.63) is 0 Å². The molecule has 0 radical (unpaired) electrons. The lowest BCUT2D eigenvalue weighted by Crippen LogP contribution is -2.41. The van der Waals surface area contributed by atoms with Gasteiger partial charge < -0.3 is 15.7 Å². The molecular weight excluding hydrogens is 220 g/mol. The van der Waals surface area contributed by atoms with Crippen LogP contribution in [0, 0.1) is 5.92 Å². The maximum atomic E-state index is 11.6. The third-order valence-corrected chi connectivity index (χ3v) is 3.37. The Balaban J connectivity index is 2.22. The second kappa shape index (κ2) is 6.59. The molecule has 3 atom stereocenters. The van der Waals surface area contributed by atoms with Crippen molar-refractivity contribution in [3.8, 4) is 0 Å². The van der Waals surface area contributed by atoms with E-state index >= 15 is 0 Å². The summed E-state index contributed by atoms with van der Waals surface area (Å²) >= 11 is 0. The topological polar surface area (TPSA) is 78.4 Å². The lowest BCUT2D eigenvalue weighted by molar-refractivity contribution is -0.141. The minimum Gasteiger partial charge on any atom is -0.481 e. The third kappa shape index (κ3) is 4.73. The fourth-order valence-corrected chi connectivity index (χ4v) is 2.03. The standard InChI is InChI=1S/C12H22N2O3/c1-3-8(2)13-7-11(15)14-10-5-4-9(6-10)12(16)17/h8-10,13H,3-7H2,1-2H3,(H,14,15)(H,16,17). The normalized spacial score (nSPS) is 25.5. The Hall–Kier alpha value is -1.10. The monoisotopic (exact) mass is 242 g/mol. The van der Waals surface area contributed by atoms with Crippen LogP contribution in [0.2, 0.25) is 0 Å². The molecule has 1 fully saturated rings. The van der Waals surface area contributed by atoms with Crippen LogP contribution >= 0.6 is 0 Å². The molecular formula is C12H22N2O3. The summed E-state index contributed by atoms with van der Waals surface area (Å²) in [6.45, 7) is 4.40. The number of rotatable bonds is 6. The molecule has 3 unspecified atom stereocenters. The van der Waals surface area contributed by atoms with Crippen LogP contribution in [0.4, 0.5) is 0 Å². The van der Waals surface area contributed by atoms with E-state index in [4.69, 9.17) is 5.11 Å². The molecule has 1 amide bonds. The van der Waals surface area contributed by atoms with E-state index in [0.29, 0.717) is 25.4 Å². The van der Waals surface area contributed by atoms with Crippen molar-refractivity contribution in [2.45, 2.75) is 51.6 Å². The van der Waals surface area contributed by atoms with Gasteiger partial charge in [0.1, 0.15) is 0 Å². The van der Waals surface area contributed by atoms with Crippen LogP contribution in [-0.2, 0) is 9.59 Å². The van der Waals surface area contributed by atoms with Crippen LogP contribution in [0.1, 0.15) is 39.5 Å². The molecule has 3 N–H and O–H groups in total. The first kappa shape index (κ1) is 14.0. The zero-order valence-electron chi connectivity index (χ0n) is 10.5. The zero-order valence-corrected chi connectivity index (χ0v) is 10.5. The number of amides is 1. The Kier molecular flexibility index (Phi) is 5.41. The lowest BCUT2D eigenvalue weighted by Gasteiger charge is -2.15. The van der Waals surface area contributed by atoms with Crippen LogP contribution in [0.15, 0.2) is 0 Å². The smallest absolute Gasteiger partial charge is 0.306 e. The molecule has 0 aromatic rings. The molecule has 17 heavy (non-hydrogen) atoms. The zero-order chi connectivity index (χ0) is 12.8. The molecule has 1 aliphatic rings. The van der Waals surface area contributed by atoms with Gasteiger partial charge in [-0.15, -0.1) is 0 Å². The predicted octanol–water partition coefficient (Wildman–Crippen LogP) is 0.744. The number of nitrogens with one attached hydrogen (secondary N) is 2. The second-order valence-electron chi connectivity index (χ2n) is 4.80. The Morgan fingerprint density at radius 1 is 1.41 bits per heavy atom. The minimum atomic E-state index is -0.750. The van der Waals surface area contributed by atoms with Crippen LogP contribution < -0.4 is 10.6 Å². The van der Waals surface area contributed by atoms with E-state index in [1.54, 1.807) is 0 Å². The lowest BCUT2D eigenvalue weighted by atomic mass is 10.1. The molecule has 1 saturated carbocycles. The average Bonchev–Trinajstić information content (AvgIpc) is 2.74. The number of aliphatic carboxylic acids is 1. The summed E-state index contributed by atoms with van der Waals surface area (Å²) in [4.78, 5) is 22.3. The fourth-order valence-electron chi connectivity index (χ4n) is 2.03. The highest BCUT2D eigenvalue weighted by Gasteiger charge is 2.30. The summed E-state index contributed by atoms with van der Waals surface area (Å²) < 4.78 is 0. The molecule has 0 aliphatic heterocycles. The first-order valence-electron chi connectivity index (χ1n) is 6.28. The van der Waals surface area contributed by atoms with Gasteiger partial charge in [-0.3, -0.25) is 9.59 Å². The number of hydrogen-bond acceptors (Lipinski definition) is 3. The summed E-state index contributed by atoms with van der Waals surface area (Å²) in [7, 11) is 0. The van der Waals surface area contributed by atoms with Crippen molar-refractivity contribution in [1.82, 2.24) is 10.6 Å². The fraction of sp³-hybridized carbons (Fsp3) is 0.833. The average molecular weight is 242 g/mol. The van der Waals surface area contributed by atoms with Gasteiger partial charge in [0, 0.05) is 12.1 Å². The minimum absolute atomic E-state index is 0.0299. The van der Waals surface area contributed by atoms with Gasteiger partial charge in [-0.05, 0) is 32.6 Å². The molecule has 0 spiro atoms. The second-order valence-corrected chi connectivity index (χ2v) is 4.80. The van der Waals surface area contributed by atoms with Crippen molar-refractivity contribution < 1.29 is 14.7 Å². The van der Waals surface area contributed by atoms with E-state index in [9.17, 15) is 9.59 Å². The summed E-state index contributed by atoms with van der Waals surface area (Å²) in [5.74, 6) is -1.08. The molecule has 0 saturated heterocycles. The van der Waals surface area contributed by atoms with Crippen LogP contribution in [0.5, 0.6) is 0 Å². The van der Waals surface area contributed by atoms with Gasteiger partial charge in [0.15, 0.2) is 0 Å². The van der Waals surface area contributed by atoms with Crippen molar-refractivity contribution >= 4 is 11.9 Å². The van der Waals surface area contributed by atoms with Crippen LogP contribution in [0.3, 0.4) is 0 Å². The van der Waals surface area contributed by atoms with Crippen molar-refractivity contribution in [1.29, 1.82) is 0 Å². The molecule has 1 aliphatic carbocycles. The highest BCUT2D eigenvalue weighted by Crippen LogP contribution is 2.25. The summed E-state index contributed by atoms with van der Waals surface area (Å²) in [6.07, 6.45) is 2.98. The highest BCUT2D eigenvalue weighted by atomic mass is 16.4. The Morgan fingerprint density at radius 3 is 2.65 bits per heavy atom. The Morgan fingerprint density at radius 2 is 2.12 bits per heavy atom. The van der Waals surface area contributed by atoms with E-state index in [0.717, 1.165) is 12.8 Å². The molecule has 1 rings (SSSR count). The molecule has 0 aromatic carbocycles. The van der Waals surface area contributed by atoms with Crippen molar-refractivity contribution in [3.63, 3.8) is 0 Å². The van der Waals surface area contributed by atoms with Gasteiger partial charge in [0.2, 0.25) is 5.91 Å². The highest BCUT2D eigenvalue weighted by molar-refractivity contribution is 5.78. The van der Waals surface area contributed by atoms with Gasteiger partial charge in [0.05, 0.1) is 12.5 Å². The number of hydrogen-bond donors (Lipinski definition) is 3. The van der Waals surface area contributed by atoms with Gasteiger partial charge in [-0.25, -0.2) is 0 Å². The Bertz CT molecular complexity index is 281. The maximum Gasteiger partial charge on any atom is 0.306 e. The SMILES string of the molecule is CCC(C)NCC(=O)NC1CCC(C(=O)O)C1. The van der Waals surface area contributed by atoms with E-state index in [1.165, 1.54) is 0 Å². The summed E-state index contributed by atoms with van der Waals surface area (Å²) in [6, 6.07) is 0.360. The summed E-state index contributed by atoms with van der Waals surface area (Å²) in [5.41, 5.74) is 0. The third-order valence-electron chi connectivity index (χ3n) is 3.37. The van der Waals surface area contributed by atoms with Gasteiger partial charge in [-0.2, -0.15) is 0 Å². The number of carboxylic acid groups (broad SMARTS) is 1. The predicted molar refractivity (Wildman–Crippen MR) is 64.7 cm³/mol. The van der Waals surface area contributed by atoms with E-state index < -0.39 is 5.97 Å². The van der Waals surface area contributed by atoms with E-state index in [2.05, 4.69) is 17.6 Å². The van der Waals surface area contributed by atoms with Crippen molar-refractivity contribution in [2.24, 2.45) is 5.92 Å². The maximum absolute atomic E-state index is 11.6. The van der Waals surface area contributed by atoms with E-state index in [-0.39, 0.29) is 17.9 Å². The van der Waals surface area contributed by atoms with Crippen LogP contribution in [-0.4, -0.2) is 35.6 Å². The summed E-state index contributed by atoms with van der Waals surface area (Å²) in [5, 5.41) is 14.8. The van der Waals surface area contributed by atoms with Gasteiger partial charge >= 0.3 is 5.97 Å². The van der Waals surface area contributed by atoms with Gasteiger partial charge in [-0.1, -0.05) is 6.92 Å². The van der Waals surface area contributed by atoms with Crippen molar-refractivity contribution in [2.75, 3.05) is 6.54 Å². The Labute approximate surface area is 102 Å². The quantitative estimate of drug-likeness (QED) is 0.642. The molecule has 0 aromatic heterocycles. The largest absolute Gasteiger partial charge is 0.481 e. The van der Waals surface area contributed by atoms with Crippen LogP contribution in [0.25, 0.3) is 0 Å². The number of carbonyl (C=O) groups is 2. The van der Waals surface area contributed by atoms with E-state index in [1.807, 2.05) is 6.92 Å². The first-order valence-corrected chi connectivity index (χ1v) is 6.28. The molecule has 5 heteroatoms. The molecule has 5 nitrogen and oxygen atoms in total. The molecule has 98 valence electrons. The first-order chi connectivity index (χ1) is 8.02. The molecule has 0 heterocycles. The number of carboxylic acids is 1. The molecule has 0 bridgehead atoms. The number of carbonyl (C=O) groups excluding carboxylic acids is 1.